The number of fused-ring (bicyclic) bond motifs is 1. The Kier molecular flexibility index (Phi) is 7.10. The second-order valence-corrected chi connectivity index (χ2v) is 11.2. The quantitative estimate of drug-likeness (QED) is 0.467. The van der Waals surface area contributed by atoms with Gasteiger partial charge >= 0.3 is 0 Å². The van der Waals surface area contributed by atoms with Gasteiger partial charge in [0.05, 0.1) is 21.6 Å². The minimum atomic E-state index is -3.77. The van der Waals surface area contributed by atoms with Crippen molar-refractivity contribution in [2.45, 2.75) is 45.1 Å². The van der Waals surface area contributed by atoms with Gasteiger partial charge in [-0.3, -0.25) is 9.10 Å². The lowest BCUT2D eigenvalue weighted by atomic mass is 9.96. The molecule has 35 heavy (non-hydrogen) atoms. The summed E-state index contributed by atoms with van der Waals surface area (Å²) in [7, 11) is -3.77. The molecule has 6 nitrogen and oxygen atoms in total. The number of ether oxygens (including phenoxy) is 1. The highest BCUT2D eigenvalue weighted by Crippen LogP contribution is 2.35. The van der Waals surface area contributed by atoms with Gasteiger partial charge in [-0.2, -0.15) is 0 Å². The van der Waals surface area contributed by atoms with Crippen LogP contribution < -0.4 is 14.4 Å². The van der Waals surface area contributed by atoms with Crippen LogP contribution in [0.25, 0.3) is 0 Å². The number of hydrogen-bond donors (Lipinski definition) is 1. The van der Waals surface area contributed by atoms with Gasteiger partial charge in [0, 0.05) is 6.54 Å². The predicted molar refractivity (Wildman–Crippen MR) is 139 cm³/mol. The van der Waals surface area contributed by atoms with E-state index < -0.39 is 10.0 Å². The number of para-hydroxylation sites is 1. The average Bonchev–Trinajstić information content (AvgIpc) is 3.25. The Morgan fingerprint density at radius 2 is 1.77 bits per heavy atom. The maximum absolute atomic E-state index is 13.2. The molecule has 0 radical (unpaired) electrons. The lowest BCUT2D eigenvalue weighted by Crippen LogP contribution is -2.31. The second-order valence-electron chi connectivity index (χ2n) is 8.92. The lowest BCUT2D eigenvalue weighted by Gasteiger charge is -2.20. The van der Waals surface area contributed by atoms with E-state index in [1.165, 1.54) is 33.6 Å². The van der Waals surface area contributed by atoms with Crippen LogP contribution in [0.4, 0.5) is 5.69 Å². The van der Waals surface area contributed by atoms with E-state index in [0.29, 0.717) is 18.7 Å². The number of amides is 1. The Balaban J connectivity index is 1.41. The van der Waals surface area contributed by atoms with Crippen LogP contribution in [0.2, 0.25) is 5.02 Å². The smallest absolute Gasteiger partial charge is 0.264 e. The third-order valence-electron chi connectivity index (χ3n) is 6.42. The first-order valence-electron chi connectivity index (χ1n) is 11.5. The van der Waals surface area contributed by atoms with Crippen molar-refractivity contribution in [1.29, 1.82) is 0 Å². The molecule has 1 amide bonds. The summed E-state index contributed by atoms with van der Waals surface area (Å²) in [6.45, 7) is 8.21. The van der Waals surface area contributed by atoms with Crippen LogP contribution in [0.5, 0.6) is 5.75 Å². The Bertz CT molecular complexity index is 1390. The molecule has 3 aromatic rings. The van der Waals surface area contributed by atoms with Gasteiger partial charge in [-0.05, 0) is 86.2 Å². The van der Waals surface area contributed by atoms with E-state index in [1.54, 1.807) is 6.07 Å². The first-order valence-corrected chi connectivity index (χ1v) is 13.3. The number of anilines is 1. The van der Waals surface area contributed by atoms with Gasteiger partial charge < -0.3 is 10.1 Å². The van der Waals surface area contributed by atoms with Crippen LogP contribution in [0.3, 0.4) is 0 Å². The van der Waals surface area contributed by atoms with Gasteiger partial charge in [0.25, 0.3) is 15.9 Å². The molecule has 1 aliphatic rings. The molecule has 1 atom stereocenters. The van der Waals surface area contributed by atoms with Crippen LogP contribution in [0.15, 0.2) is 59.5 Å². The monoisotopic (exact) mass is 512 g/mol. The maximum atomic E-state index is 13.2. The molecule has 4 rings (SSSR count). The van der Waals surface area contributed by atoms with Crippen LogP contribution in [0, 0.1) is 20.8 Å². The summed E-state index contributed by atoms with van der Waals surface area (Å²) in [6, 6.07) is 15.8. The molecule has 0 saturated heterocycles. The minimum absolute atomic E-state index is 0.0786. The lowest BCUT2D eigenvalue weighted by molar-refractivity contribution is -0.123. The SMILES string of the molecule is Cc1cc(C)c([C@H](C)NC(=O)COc2ccc(S(=O)(=O)N3CCc4ccccc43)cc2Cl)cc1C. The first-order chi connectivity index (χ1) is 16.6. The van der Waals surface area contributed by atoms with Crippen molar-refractivity contribution >= 4 is 33.2 Å². The summed E-state index contributed by atoms with van der Waals surface area (Å²) in [5.74, 6) is -0.0471. The molecule has 184 valence electrons. The molecule has 0 aromatic heterocycles. The first kappa shape index (κ1) is 25.1. The minimum Gasteiger partial charge on any atom is -0.482 e. The van der Waals surface area contributed by atoms with E-state index >= 15 is 0 Å². The Morgan fingerprint density at radius 3 is 2.51 bits per heavy atom. The van der Waals surface area contributed by atoms with Gasteiger partial charge in [-0.15, -0.1) is 0 Å². The van der Waals surface area contributed by atoms with Crippen LogP contribution in [-0.2, 0) is 21.2 Å². The summed E-state index contributed by atoms with van der Waals surface area (Å²) >= 11 is 6.34. The predicted octanol–water partition coefficient (Wildman–Crippen LogP) is 5.27. The summed E-state index contributed by atoms with van der Waals surface area (Å²) in [4.78, 5) is 12.6. The highest BCUT2D eigenvalue weighted by atomic mass is 35.5. The number of sulfonamides is 1. The number of hydrogen-bond acceptors (Lipinski definition) is 4. The zero-order valence-electron chi connectivity index (χ0n) is 20.3. The molecule has 0 bridgehead atoms. The second kappa shape index (κ2) is 9.91. The van der Waals surface area contributed by atoms with E-state index in [4.69, 9.17) is 16.3 Å². The molecule has 3 aromatic carbocycles. The number of nitrogens with one attached hydrogen (secondary N) is 1. The molecule has 1 N–H and O–H groups in total. The zero-order chi connectivity index (χ0) is 25.3. The molecular weight excluding hydrogens is 484 g/mol. The van der Waals surface area contributed by atoms with Crippen LogP contribution in [0.1, 0.15) is 40.8 Å². The Morgan fingerprint density at radius 1 is 1.06 bits per heavy atom. The average molecular weight is 513 g/mol. The third-order valence-corrected chi connectivity index (χ3v) is 8.53. The summed E-state index contributed by atoms with van der Waals surface area (Å²) in [5, 5.41) is 3.08. The zero-order valence-corrected chi connectivity index (χ0v) is 21.8. The van der Waals surface area contributed by atoms with Gasteiger partial charge in [0.1, 0.15) is 5.75 Å². The maximum Gasteiger partial charge on any atom is 0.264 e. The molecule has 0 saturated carbocycles. The van der Waals surface area contributed by atoms with Crippen molar-refractivity contribution in [3.63, 3.8) is 0 Å². The molecule has 0 fully saturated rings. The van der Waals surface area contributed by atoms with Gasteiger partial charge in [0.2, 0.25) is 0 Å². The number of halogens is 1. The highest BCUT2D eigenvalue weighted by molar-refractivity contribution is 7.92. The molecule has 0 spiro atoms. The fourth-order valence-electron chi connectivity index (χ4n) is 4.40. The fourth-order valence-corrected chi connectivity index (χ4v) is 6.23. The molecule has 1 heterocycles. The molecule has 8 heteroatoms. The van der Waals surface area contributed by atoms with Gasteiger partial charge in [-0.1, -0.05) is 41.9 Å². The number of benzene rings is 3. The van der Waals surface area contributed by atoms with Crippen molar-refractivity contribution < 1.29 is 17.9 Å². The molecule has 1 aliphatic heterocycles. The van der Waals surface area contributed by atoms with Crippen molar-refractivity contribution in [3.05, 3.63) is 87.4 Å². The molecule has 0 aliphatic carbocycles. The van der Waals surface area contributed by atoms with Crippen molar-refractivity contribution in [2.75, 3.05) is 17.5 Å². The molecular formula is C27H29ClN2O4S. The number of rotatable bonds is 7. The Hall–Kier alpha value is -3.03. The number of nitrogens with zero attached hydrogens (tertiary/aromatic N) is 1. The van der Waals surface area contributed by atoms with E-state index in [2.05, 4.69) is 24.4 Å². The summed E-state index contributed by atoms with van der Waals surface area (Å²) in [5.41, 5.74) is 6.23. The topological polar surface area (TPSA) is 75.7 Å². The van der Waals surface area contributed by atoms with Crippen LogP contribution in [-0.4, -0.2) is 27.5 Å². The number of carbonyl (C=O) groups is 1. The normalized spacial score (nSPS) is 13.9. The highest BCUT2D eigenvalue weighted by Gasteiger charge is 2.31. The third kappa shape index (κ3) is 5.16. The Labute approximate surface area is 211 Å². The summed E-state index contributed by atoms with van der Waals surface area (Å²) < 4.78 is 33.4. The number of aryl methyl sites for hydroxylation is 3. The van der Waals surface area contributed by atoms with E-state index in [9.17, 15) is 13.2 Å². The van der Waals surface area contributed by atoms with Gasteiger partial charge in [-0.25, -0.2) is 8.42 Å². The summed E-state index contributed by atoms with van der Waals surface area (Å²) in [6.07, 6.45) is 0.666. The van der Waals surface area contributed by atoms with E-state index in [-0.39, 0.29) is 34.2 Å². The van der Waals surface area contributed by atoms with Crippen molar-refractivity contribution in [2.24, 2.45) is 0 Å². The molecule has 0 unspecified atom stereocenters. The van der Waals surface area contributed by atoms with Crippen LogP contribution >= 0.6 is 11.6 Å². The van der Waals surface area contributed by atoms with E-state index in [0.717, 1.165) is 16.7 Å². The van der Waals surface area contributed by atoms with E-state index in [1.807, 2.05) is 39.0 Å². The van der Waals surface area contributed by atoms with Gasteiger partial charge in [0.15, 0.2) is 6.61 Å². The number of carbonyl (C=O) groups excluding carboxylic acids is 1. The largest absolute Gasteiger partial charge is 0.482 e. The van der Waals surface area contributed by atoms with Crippen molar-refractivity contribution in [3.8, 4) is 5.75 Å². The van der Waals surface area contributed by atoms with Crippen molar-refractivity contribution in [1.82, 2.24) is 5.32 Å². The standard InChI is InChI=1S/C27H29ClN2O4S/c1-17-13-19(3)23(14-18(17)2)20(4)29-27(31)16-34-26-10-9-22(15-24(26)28)35(32,33)30-12-11-21-7-5-6-8-25(21)30/h5-10,13-15,20H,11-12,16H2,1-4H3,(H,29,31)/t20-/m0/s1. The fraction of sp³-hybridized carbons (Fsp3) is 0.296.